The summed E-state index contributed by atoms with van der Waals surface area (Å²) in [4.78, 5) is 12.4. The minimum atomic E-state index is -0.479. The van der Waals surface area contributed by atoms with Gasteiger partial charge in [-0.05, 0) is 6.92 Å². The first kappa shape index (κ1) is 15.6. The maximum atomic E-state index is 11.2. The molecule has 1 aromatic carbocycles. The fraction of sp³-hybridized carbons (Fsp3) is 0.462. The summed E-state index contributed by atoms with van der Waals surface area (Å²) in [5.41, 5.74) is 0.297. The Morgan fingerprint density at radius 2 is 1.95 bits per heavy atom. The van der Waals surface area contributed by atoms with Crippen LogP contribution in [0.1, 0.15) is 13.3 Å². The molecule has 0 spiro atoms. The van der Waals surface area contributed by atoms with Crippen LogP contribution in [-0.2, 0) is 0 Å². The first-order valence-corrected chi connectivity index (χ1v) is 5.96. The highest BCUT2D eigenvalue weighted by Gasteiger charge is 2.24. The Bertz CT molecular complexity index is 539. The molecule has 0 amide bonds. The monoisotopic (exact) mass is 279 g/mol. The van der Waals surface area contributed by atoms with Crippen LogP contribution in [0.2, 0.25) is 0 Å². The topological polar surface area (TPSA) is 88.6 Å². The number of ether oxygens (including phenoxy) is 2. The molecule has 108 valence electrons. The summed E-state index contributed by atoms with van der Waals surface area (Å²) in [6.45, 7) is 1.82. The van der Waals surface area contributed by atoms with Crippen LogP contribution in [0.15, 0.2) is 12.1 Å². The molecule has 0 N–H and O–H groups in total. The van der Waals surface area contributed by atoms with Gasteiger partial charge in [0, 0.05) is 19.2 Å². The summed E-state index contributed by atoms with van der Waals surface area (Å²) in [6.07, 6.45) is 0.266. The van der Waals surface area contributed by atoms with Gasteiger partial charge in [-0.25, -0.2) is 0 Å². The molecule has 1 rings (SSSR count). The van der Waals surface area contributed by atoms with E-state index >= 15 is 0 Å². The number of nitriles is 1. The van der Waals surface area contributed by atoms with Gasteiger partial charge < -0.3 is 14.4 Å². The normalized spacial score (nSPS) is 11.3. The second-order valence-electron chi connectivity index (χ2n) is 4.28. The molecule has 0 aliphatic rings. The molecule has 0 bridgehead atoms. The zero-order valence-electron chi connectivity index (χ0n) is 11.9. The lowest BCUT2D eigenvalue weighted by molar-refractivity contribution is -0.384. The van der Waals surface area contributed by atoms with Crippen molar-refractivity contribution in [1.29, 1.82) is 5.26 Å². The Morgan fingerprint density at radius 1 is 1.40 bits per heavy atom. The van der Waals surface area contributed by atoms with Gasteiger partial charge in [0.1, 0.15) is 5.69 Å². The predicted octanol–water partition coefficient (Wildman–Crippen LogP) is 2.35. The third kappa shape index (κ3) is 3.09. The molecule has 1 aromatic rings. The van der Waals surface area contributed by atoms with Crippen molar-refractivity contribution in [2.75, 3.05) is 26.2 Å². The fourth-order valence-corrected chi connectivity index (χ4v) is 1.79. The summed E-state index contributed by atoms with van der Waals surface area (Å²) >= 11 is 0. The Hall–Kier alpha value is -2.49. The summed E-state index contributed by atoms with van der Waals surface area (Å²) in [6, 6.07) is 4.76. The minimum absolute atomic E-state index is 0.0880. The number of nitro groups is 1. The quantitative estimate of drug-likeness (QED) is 0.586. The number of anilines is 1. The summed E-state index contributed by atoms with van der Waals surface area (Å²) in [7, 11) is 4.59. The molecule has 1 atom stereocenters. The second-order valence-corrected chi connectivity index (χ2v) is 4.28. The lowest BCUT2D eigenvalue weighted by Gasteiger charge is -2.25. The van der Waals surface area contributed by atoms with Crippen molar-refractivity contribution in [2.45, 2.75) is 19.4 Å². The van der Waals surface area contributed by atoms with Gasteiger partial charge in [0.25, 0.3) is 5.69 Å². The van der Waals surface area contributed by atoms with E-state index in [-0.39, 0.29) is 18.2 Å². The van der Waals surface area contributed by atoms with Crippen LogP contribution in [0.5, 0.6) is 11.5 Å². The first-order chi connectivity index (χ1) is 9.46. The van der Waals surface area contributed by atoms with Crippen molar-refractivity contribution in [2.24, 2.45) is 0 Å². The van der Waals surface area contributed by atoms with Crippen LogP contribution < -0.4 is 14.4 Å². The number of hydrogen-bond donors (Lipinski definition) is 0. The molecule has 0 saturated heterocycles. The number of rotatable bonds is 6. The Labute approximate surface area is 117 Å². The van der Waals surface area contributed by atoms with Gasteiger partial charge in [-0.2, -0.15) is 5.26 Å². The molecule has 20 heavy (non-hydrogen) atoms. The molecule has 7 heteroatoms. The zero-order chi connectivity index (χ0) is 15.3. The van der Waals surface area contributed by atoms with E-state index in [1.807, 2.05) is 6.92 Å². The van der Waals surface area contributed by atoms with Crippen LogP contribution in [-0.4, -0.2) is 32.2 Å². The van der Waals surface area contributed by atoms with Gasteiger partial charge >= 0.3 is 0 Å². The van der Waals surface area contributed by atoms with Crippen molar-refractivity contribution < 1.29 is 14.4 Å². The smallest absolute Gasteiger partial charge is 0.296 e. The van der Waals surface area contributed by atoms with Gasteiger partial charge in [-0.15, -0.1) is 0 Å². The van der Waals surface area contributed by atoms with Crippen molar-refractivity contribution >= 4 is 11.4 Å². The SMILES string of the molecule is COc1cc(N(C)C(C)CC#N)c([N+](=O)[O-])cc1OC. The third-order valence-corrected chi connectivity index (χ3v) is 3.11. The Balaban J connectivity index is 3.36. The highest BCUT2D eigenvalue weighted by molar-refractivity contribution is 5.69. The maximum absolute atomic E-state index is 11.2. The zero-order valence-corrected chi connectivity index (χ0v) is 11.9. The number of nitro benzene ring substituents is 1. The van der Waals surface area contributed by atoms with Crippen LogP contribution in [0, 0.1) is 21.4 Å². The number of benzene rings is 1. The van der Waals surface area contributed by atoms with E-state index in [0.29, 0.717) is 17.2 Å². The van der Waals surface area contributed by atoms with Crippen LogP contribution in [0.3, 0.4) is 0 Å². The van der Waals surface area contributed by atoms with Gasteiger partial charge in [0.2, 0.25) is 0 Å². The van der Waals surface area contributed by atoms with E-state index in [1.165, 1.54) is 20.3 Å². The third-order valence-electron chi connectivity index (χ3n) is 3.11. The van der Waals surface area contributed by atoms with Crippen molar-refractivity contribution in [1.82, 2.24) is 0 Å². The number of methoxy groups -OCH3 is 2. The average molecular weight is 279 g/mol. The maximum Gasteiger partial charge on any atom is 0.296 e. The molecular weight excluding hydrogens is 262 g/mol. The highest BCUT2D eigenvalue weighted by Crippen LogP contribution is 2.39. The number of nitrogens with zero attached hydrogens (tertiary/aromatic N) is 3. The second kappa shape index (κ2) is 6.61. The van der Waals surface area contributed by atoms with E-state index < -0.39 is 4.92 Å². The fourth-order valence-electron chi connectivity index (χ4n) is 1.79. The molecule has 0 aromatic heterocycles. The Kier molecular flexibility index (Phi) is 5.15. The van der Waals surface area contributed by atoms with Crippen LogP contribution >= 0.6 is 0 Å². The summed E-state index contributed by atoms with van der Waals surface area (Å²) < 4.78 is 10.2. The summed E-state index contributed by atoms with van der Waals surface area (Å²) in [5.74, 6) is 0.702. The molecule has 0 aliphatic carbocycles. The van der Waals surface area contributed by atoms with E-state index in [9.17, 15) is 10.1 Å². The van der Waals surface area contributed by atoms with Crippen molar-refractivity contribution in [3.05, 3.63) is 22.2 Å². The van der Waals surface area contributed by atoms with Crippen molar-refractivity contribution in [3.8, 4) is 17.6 Å². The highest BCUT2D eigenvalue weighted by atomic mass is 16.6. The molecule has 1 unspecified atom stereocenters. The molecule has 0 fully saturated rings. The minimum Gasteiger partial charge on any atom is -0.493 e. The van der Waals surface area contributed by atoms with Crippen LogP contribution in [0.25, 0.3) is 0 Å². The van der Waals surface area contributed by atoms with Crippen LogP contribution in [0.4, 0.5) is 11.4 Å². The molecule has 0 radical (unpaired) electrons. The molecule has 7 nitrogen and oxygen atoms in total. The van der Waals surface area contributed by atoms with E-state index in [4.69, 9.17) is 14.7 Å². The summed E-state index contributed by atoms with van der Waals surface area (Å²) in [5, 5.41) is 19.9. The standard InChI is InChI=1S/C13H17N3O4/c1-9(5-6-14)15(2)10-7-12(19-3)13(20-4)8-11(10)16(17)18/h7-9H,5H2,1-4H3. The van der Waals surface area contributed by atoms with E-state index in [1.54, 1.807) is 18.0 Å². The molecule has 0 heterocycles. The molecule has 0 saturated carbocycles. The molecular formula is C13H17N3O4. The largest absolute Gasteiger partial charge is 0.493 e. The average Bonchev–Trinajstić information content (AvgIpc) is 2.44. The van der Waals surface area contributed by atoms with E-state index in [2.05, 4.69) is 6.07 Å². The van der Waals surface area contributed by atoms with Gasteiger partial charge in [-0.1, -0.05) is 0 Å². The van der Waals surface area contributed by atoms with Gasteiger partial charge in [0.15, 0.2) is 11.5 Å². The lowest BCUT2D eigenvalue weighted by Crippen LogP contribution is -2.29. The first-order valence-electron chi connectivity index (χ1n) is 5.96. The van der Waals surface area contributed by atoms with Crippen molar-refractivity contribution in [3.63, 3.8) is 0 Å². The van der Waals surface area contributed by atoms with Gasteiger partial charge in [-0.3, -0.25) is 10.1 Å². The number of hydrogen-bond acceptors (Lipinski definition) is 6. The Morgan fingerprint density at radius 3 is 2.40 bits per heavy atom. The molecule has 0 aliphatic heterocycles. The lowest BCUT2D eigenvalue weighted by atomic mass is 10.1. The predicted molar refractivity (Wildman–Crippen MR) is 74.3 cm³/mol. The van der Waals surface area contributed by atoms with E-state index in [0.717, 1.165) is 0 Å². The van der Waals surface area contributed by atoms with Gasteiger partial charge in [0.05, 0.1) is 37.7 Å².